The molecule has 1 atom stereocenters. The van der Waals surface area contributed by atoms with E-state index in [1.54, 1.807) is 28.6 Å². The number of hydrogen-bond acceptors (Lipinski definition) is 5. The Bertz CT molecular complexity index is 899. The monoisotopic (exact) mass is 372 g/mol. The third-order valence-electron chi connectivity index (χ3n) is 5.17. The summed E-state index contributed by atoms with van der Waals surface area (Å²) in [6.45, 7) is 2.91. The van der Waals surface area contributed by atoms with Gasteiger partial charge in [-0.2, -0.15) is 4.31 Å². The van der Waals surface area contributed by atoms with Crippen molar-refractivity contribution in [3.8, 4) is 0 Å². The average molecular weight is 372 g/mol. The summed E-state index contributed by atoms with van der Waals surface area (Å²) in [6, 6.07) is 8.73. The molecule has 1 aromatic heterocycles. The van der Waals surface area contributed by atoms with Gasteiger partial charge in [-0.15, -0.1) is 0 Å². The van der Waals surface area contributed by atoms with Gasteiger partial charge < -0.3 is 5.32 Å². The van der Waals surface area contributed by atoms with E-state index >= 15 is 0 Å². The molecule has 4 rings (SSSR count). The van der Waals surface area contributed by atoms with E-state index in [1.807, 2.05) is 13.0 Å². The van der Waals surface area contributed by atoms with Gasteiger partial charge in [-0.25, -0.2) is 18.4 Å². The third kappa shape index (κ3) is 3.33. The predicted octanol–water partition coefficient (Wildman–Crippen LogP) is 2.54. The van der Waals surface area contributed by atoms with Crippen LogP contribution in [-0.4, -0.2) is 41.8 Å². The molecule has 0 saturated carbocycles. The van der Waals surface area contributed by atoms with E-state index in [0.29, 0.717) is 18.0 Å². The zero-order valence-electron chi connectivity index (χ0n) is 15.0. The Morgan fingerprint density at radius 3 is 2.69 bits per heavy atom. The van der Waals surface area contributed by atoms with Crippen LogP contribution in [0.4, 0.5) is 5.82 Å². The number of fused-ring (bicyclic) bond motifs is 1. The maximum absolute atomic E-state index is 12.8. The van der Waals surface area contributed by atoms with Gasteiger partial charge in [0.25, 0.3) is 0 Å². The summed E-state index contributed by atoms with van der Waals surface area (Å²) in [6.07, 6.45) is 5.12. The van der Waals surface area contributed by atoms with Crippen molar-refractivity contribution in [3.63, 3.8) is 0 Å². The van der Waals surface area contributed by atoms with Gasteiger partial charge in [0.1, 0.15) is 11.6 Å². The van der Waals surface area contributed by atoms with Crippen LogP contribution in [0.2, 0.25) is 0 Å². The molecule has 1 aliphatic heterocycles. The highest BCUT2D eigenvalue weighted by atomic mass is 32.2. The molecule has 0 spiro atoms. The number of hydrogen-bond donors (Lipinski definition) is 1. The molecule has 1 N–H and O–H groups in total. The molecule has 2 aromatic rings. The first-order valence-corrected chi connectivity index (χ1v) is 10.7. The lowest BCUT2D eigenvalue weighted by atomic mass is 9.96. The van der Waals surface area contributed by atoms with Crippen molar-refractivity contribution in [3.05, 3.63) is 47.4 Å². The number of aromatic nitrogens is 2. The molecular weight excluding hydrogens is 348 g/mol. The van der Waals surface area contributed by atoms with Gasteiger partial charge in [-0.3, -0.25) is 0 Å². The van der Waals surface area contributed by atoms with Crippen molar-refractivity contribution in [2.75, 3.05) is 18.4 Å². The first-order chi connectivity index (χ1) is 12.5. The normalized spacial score (nSPS) is 20.7. The fraction of sp³-hybridized carbons (Fsp3) is 0.474. The van der Waals surface area contributed by atoms with Crippen LogP contribution in [0.5, 0.6) is 0 Å². The Labute approximate surface area is 154 Å². The van der Waals surface area contributed by atoms with Crippen LogP contribution in [0.25, 0.3) is 0 Å². The van der Waals surface area contributed by atoms with E-state index in [2.05, 4.69) is 15.3 Å². The minimum absolute atomic E-state index is 0.0776. The van der Waals surface area contributed by atoms with E-state index in [0.717, 1.165) is 43.0 Å². The zero-order valence-corrected chi connectivity index (χ0v) is 15.8. The molecule has 2 heterocycles. The summed E-state index contributed by atoms with van der Waals surface area (Å²) in [7, 11) is -3.43. The number of anilines is 1. The Hall–Kier alpha value is -1.99. The summed E-state index contributed by atoms with van der Waals surface area (Å²) in [4.78, 5) is 9.55. The van der Waals surface area contributed by atoms with Crippen molar-refractivity contribution < 1.29 is 8.42 Å². The first-order valence-electron chi connectivity index (χ1n) is 9.22. The molecular formula is C19H24N4O2S. The molecule has 26 heavy (non-hydrogen) atoms. The Morgan fingerprint density at radius 1 is 1.12 bits per heavy atom. The number of benzene rings is 1. The maximum atomic E-state index is 12.8. The molecule has 0 bridgehead atoms. The highest BCUT2D eigenvalue weighted by molar-refractivity contribution is 7.89. The summed E-state index contributed by atoms with van der Waals surface area (Å²) in [5.41, 5.74) is 2.37. The molecule has 1 saturated heterocycles. The minimum Gasteiger partial charge on any atom is -0.366 e. The van der Waals surface area contributed by atoms with Crippen LogP contribution in [-0.2, 0) is 22.9 Å². The molecule has 0 amide bonds. The van der Waals surface area contributed by atoms with Crippen LogP contribution in [0, 0.1) is 6.92 Å². The minimum atomic E-state index is -3.43. The number of nitrogens with one attached hydrogen (secondary N) is 1. The lowest BCUT2D eigenvalue weighted by Crippen LogP contribution is -2.32. The first kappa shape index (κ1) is 17.4. The Balaban J connectivity index is 1.51. The van der Waals surface area contributed by atoms with Crippen LogP contribution < -0.4 is 5.32 Å². The second-order valence-electron chi connectivity index (χ2n) is 7.06. The number of aryl methyl sites for hydroxylation is 2. The molecule has 1 aromatic carbocycles. The van der Waals surface area contributed by atoms with Crippen molar-refractivity contribution in [1.29, 1.82) is 0 Å². The largest absolute Gasteiger partial charge is 0.366 e. The van der Waals surface area contributed by atoms with E-state index in [1.165, 1.54) is 12.0 Å². The second kappa shape index (κ2) is 6.96. The standard InChI is InChI=1S/C19H24N4O2S/c1-14-20-18-10-6-5-9-17(18)19(21-14)22-15-11-12-23(13-15)26(24,25)16-7-3-2-4-8-16/h2-4,7-8,15H,5-6,9-13H2,1H3,(H,20,21,22)/t15-/m0/s1. The molecule has 138 valence electrons. The van der Waals surface area contributed by atoms with E-state index < -0.39 is 10.0 Å². The molecule has 6 nitrogen and oxygen atoms in total. The number of nitrogens with zero attached hydrogens (tertiary/aromatic N) is 3. The molecule has 1 fully saturated rings. The topological polar surface area (TPSA) is 75.2 Å². The molecule has 2 aliphatic rings. The third-order valence-corrected chi connectivity index (χ3v) is 7.05. The molecule has 0 radical (unpaired) electrons. The number of rotatable bonds is 4. The fourth-order valence-electron chi connectivity index (χ4n) is 3.84. The predicted molar refractivity (Wildman–Crippen MR) is 101 cm³/mol. The van der Waals surface area contributed by atoms with Crippen molar-refractivity contribution in [2.45, 2.75) is 50.0 Å². The summed E-state index contributed by atoms with van der Waals surface area (Å²) in [5.74, 6) is 1.68. The smallest absolute Gasteiger partial charge is 0.243 e. The van der Waals surface area contributed by atoms with Gasteiger partial charge in [0.2, 0.25) is 10.0 Å². The number of sulfonamides is 1. The van der Waals surface area contributed by atoms with Crippen molar-refractivity contribution in [1.82, 2.24) is 14.3 Å². The van der Waals surface area contributed by atoms with Gasteiger partial charge in [-0.05, 0) is 51.2 Å². The van der Waals surface area contributed by atoms with Gasteiger partial charge in [0.15, 0.2) is 0 Å². The zero-order chi connectivity index (χ0) is 18.1. The summed E-state index contributed by atoms with van der Waals surface area (Å²) in [5, 5.41) is 3.51. The lowest BCUT2D eigenvalue weighted by Gasteiger charge is -2.22. The van der Waals surface area contributed by atoms with Crippen molar-refractivity contribution >= 4 is 15.8 Å². The van der Waals surface area contributed by atoms with Gasteiger partial charge in [0, 0.05) is 30.4 Å². The molecule has 7 heteroatoms. The maximum Gasteiger partial charge on any atom is 0.243 e. The van der Waals surface area contributed by atoms with E-state index in [4.69, 9.17) is 0 Å². The molecule has 1 aliphatic carbocycles. The Morgan fingerprint density at radius 2 is 1.88 bits per heavy atom. The highest BCUT2D eigenvalue weighted by Gasteiger charge is 2.33. The van der Waals surface area contributed by atoms with Gasteiger partial charge in [-0.1, -0.05) is 18.2 Å². The van der Waals surface area contributed by atoms with Crippen LogP contribution in [0.3, 0.4) is 0 Å². The second-order valence-corrected chi connectivity index (χ2v) is 9.00. The highest BCUT2D eigenvalue weighted by Crippen LogP contribution is 2.28. The average Bonchev–Trinajstić information content (AvgIpc) is 3.12. The lowest BCUT2D eigenvalue weighted by molar-refractivity contribution is 0.474. The fourth-order valence-corrected chi connectivity index (χ4v) is 5.36. The molecule has 0 unspecified atom stereocenters. The van der Waals surface area contributed by atoms with Crippen molar-refractivity contribution in [2.24, 2.45) is 0 Å². The Kier molecular flexibility index (Phi) is 4.67. The van der Waals surface area contributed by atoms with Crippen LogP contribution >= 0.6 is 0 Å². The van der Waals surface area contributed by atoms with Gasteiger partial charge in [0.05, 0.1) is 4.90 Å². The van der Waals surface area contributed by atoms with Crippen LogP contribution in [0.1, 0.15) is 36.3 Å². The van der Waals surface area contributed by atoms with E-state index in [9.17, 15) is 8.42 Å². The van der Waals surface area contributed by atoms with Crippen LogP contribution in [0.15, 0.2) is 35.2 Å². The van der Waals surface area contributed by atoms with Gasteiger partial charge >= 0.3 is 0 Å². The quantitative estimate of drug-likeness (QED) is 0.893. The summed E-state index contributed by atoms with van der Waals surface area (Å²) >= 11 is 0. The van der Waals surface area contributed by atoms with E-state index in [-0.39, 0.29) is 6.04 Å². The summed E-state index contributed by atoms with van der Waals surface area (Å²) < 4.78 is 27.2. The SMILES string of the molecule is Cc1nc2c(c(N[C@H]3CCN(S(=O)(=O)c4ccccc4)C3)n1)CCCC2.